The molecular weight excluding hydrogens is 278 g/mol. The molecule has 0 bridgehead atoms. The standard InChI is InChI=1S/C15H20F2N2S/c1-3-9-4-6-11(8(9)2)19-12-7-5-10(15(18)20)13(16)14(12)17/h5,7-9,11,19H,3-4,6H2,1-2H3,(H2,18,20). The minimum Gasteiger partial charge on any atom is -0.389 e. The van der Waals surface area contributed by atoms with Gasteiger partial charge in [-0.3, -0.25) is 0 Å². The summed E-state index contributed by atoms with van der Waals surface area (Å²) in [5.41, 5.74) is 5.50. The SMILES string of the molecule is CCC1CCC(Nc2ccc(C(N)=S)c(F)c2F)C1C. The maximum absolute atomic E-state index is 14.0. The molecule has 2 nitrogen and oxygen atoms in total. The summed E-state index contributed by atoms with van der Waals surface area (Å²) in [6, 6.07) is 3.13. The van der Waals surface area contributed by atoms with Crippen LogP contribution in [0.1, 0.15) is 38.7 Å². The van der Waals surface area contributed by atoms with Gasteiger partial charge in [-0.05, 0) is 36.8 Å². The number of nitrogens with one attached hydrogen (secondary N) is 1. The molecule has 3 atom stereocenters. The molecule has 1 aromatic rings. The quantitative estimate of drug-likeness (QED) is 0.830. The molecule has 5 heteroatoms. The first-order valence-corrected chi connectivity index (χ1v) is 7.40. The van der Waals surface area contributed by atoms with Crippen molar-refractivity contribution in [2.75, 3.05) is 5.32 Å². The molecule has 1 aliphatic rings. The summed E-state index contributed by atoms with van der Waals surface area (Å²) < 4.78 is 27.9. The number of hydrogen-bond donors (Lipinski definition) is 2. The highest BCUT2D eigenvalue weighted by atomic mass is 32.1. The molecule has 1 aliphatic carbocycles. The Hall–Kier alpha value is -1.23. The largest absolute Gasteiger partial charge is 0.389 e. The van der Waals surface area contributed by atoms with Crippen LogP contribution in [-0.2, 0) is 0 Å². The molecule has 110 valence electrons. The summed E-state index contributed by atoms with van der Waals surface area (Å²) in [6.45, 7) is 4.33. The molecular formula is C15H20F2N2S. The molecule has 1 fully saturated rings. The van der Waals surface area contributed by atoms with Crippen molar-refractivity contribution in [3.05, 3.63) is 29.3 Å². The predicted molar refractivity (Wildman–Crippen MR) is 81.8 cm³/mol. The predicted octanol–water partition coefficient (Wildman–Crippen LogP) is 3.84. The first kappa shape index (κ1) is 15.2. The van der Waals surface area contributed by atoms with Crippen molar-refractivity contribution >= 4 is 22.9 Å². The van der Waals surface area contributed by atoms with Crippen LogP contribution < -0.4 is 11.1 Å². The molecule has 0 amide bonds. The first-order valence-electron chi connectivity index (χ1n) is 7.00. The zero-order valence-electron chi connectivity index (χ0n) is 11.7. The molecule has 0 saturated heterocycles. The third-order valence-electron chi connectivity index (χ3n) is 4.44. The van der Waals surface area contributed by atoms with E-state index in [0.717, 1.165) is 19.3 Å². The van der Waals surface area contributed by atoms with E-state index in [1.54, 1.807) is 0 Å². The van der Waals surface area contributed by atoms with E-state index in [-0.39, 0.29) is 22.3 Å². The van der Waals surface area contributed by atoms with Gasteiger partial charge in [-0.2, -0.15) is 0 Å². The normalized spacial score (nSPS) is 25.7. The van der Waals surface area contributed by atoms with Crippen LogP contribution in [0.2, 0.25) is 0 Å². The summed E-state index contributed by atoms with van der Waals surface area (Å²) >= 11 is 4.70. The molecule has 0 spiro atoms. The van der Waals surface area contributed by atoms with Crippen molar-refractivity contribution in [1.29, 1.82) is 0 Å². The minimum atomic E-state index is -0.972. The average molecular weight is 298 g/mol. The summed E-state index contributed by atoms with van der Waals surface area (Å²) in [6.07, 6.45) is 3.23. The number of benzene rings is 1. The number of halogens is 2. The van der Waals surface area contributed by atoms with Crippen LogP contribution in [0.15, 0.2) is 12.1 Å². The van der Waals surface area contributed by atoms with E-state index in [2.05, 4.69) is 19.2 Å². The van der Waals surface area contributed by atoms with Crippen molar-refractivity contribution in [1.82, 2.24) is 0 Å². The Morgan fingerprint density at radius 1 is 1.35 bits per heavy atom. The van der Waals surface area contributed by atoms with E-state index in [1.807, 2.05) is 0 Å². The second-order valence-electron chi connectivity index (χ2n) is 5.51. The second-order valence-corrected chi connectivity index (χ2v) is 5.95. The van der Waals surface area contributed by atoms with Gasteiger partial charge in [-0.15, -0.1) is 0 Å². The van der Waals surface area contributed by atoms with Gasteiger partial charge in [0.05, 0.1) is 5.69 Å². The Labute approximate surface area is 123 Å². The molecule has 3 N–H and O–H groups in total. The van der Waals surface area contributed by atoms with Gasteiger partial charge in [0.1, 0.15) is 4.99 Å². The lowest BCUT2D eigenvalue weighted by molar-refractivity contribution is 0.391. The molecule has 0 aliphatic heterocycles. The molecule has 20 heavy (non-hydrogen) atoms. The van der Waals surface area contributed by atoms with Gasteiger partial charge in [0.15, 0.2) is 11.6 Å². The number of anilines is 1. The van der Waals surface area contributed by atoms with Gasteiger partial charge in [-0.25, -0.2) is 8.78 Å². The van der Waals surface area contributed by atoms with Gasteiger partial charge < -0.3 is 11.1 Å². The van der Waals surface area contributed by atoms with Crippen molar-refractivity contribution in [2.45, 2.75) is 39.2 Å². The fraction of sp³-hybridized carbons (Fsp3) is 0.533. The van der Waals surface area contributed by atoms with Gasteiger partial charge in [0, 0.05) is 11.6 Å². The molecule has 1 aromatic carbocycles. The number of rotatable bonds is 4. The average Bonchev–Trinajstić information content (AvgIpc) is 2.75. The summed E-state index contributed by atoms with van der Waals surface area (Å²) in [7, 11) is 0. The Kier molecular flexibility index (Phi) is 4.58. The highest BCUT2D eigenvalue weighted by molar-refractivity contribution is 7.80. The number of thiocarbonyl (C=S) groups is 1. The third kappa shape index (κ3) is 2.77. The van der Waals surface area contributed by atoms with Crippen LogP contribution >= 0.6 is 12.2 Å². The van der Waals surface area contributed by atoms with Gasteiger partial charge in [0.25, 0.3) is 0 Å². The van der Waals surface area contributed by atoms with Crippen LogP contribution in [0.25, 0.3) is 0 Å². The van der Waals surface area contributed by atoms with Crippen LogP contribution in [-0.4, -0.2) is 11.0 Å². The van der Waals surface area contributed by atoms with Crippen molar-refractivity contribution in [3.8, 4) is 0 Å². The second kappa shape index (κ2) is 6.04. The number of hydrogen-bond acceptors (Lipinski definition) is 2. The van der Waals surface area contributed by atoms with E-state index in [9.17, 15) is 8.78 Å². The Morgan fingerprint density at radius 2 is 2.05 bits per heavy atom. The van der Waals surface area contributed by atoms with Crippen molar-refractivity contribution < 1.29 is 8.78 Å². The van der Waals surface area contributed by atoms with Crippen LogP contribution in [0.4, 0.5) is 14.5 Å². The maximum atomic E-state index is 14.0. The zero-order valence-corrected chi connectivity index (χ0v) is 12.6. The first-order chi connectivity index (χ1) is 9.45. The third-order valence-corrected chi connectivity index (χ3v) is 4.66. The topological polar surface area (TPSA) is 38.0 Å². The van der Waals surface area contributed by atoms with E-state index >= 15 is 0 Å². The number of nitrogens with two attached hydrogens (primary N) is 1. The van der Waals surface area contributed by atoms with Gasteiger partial charge >= 0.3 is 0 Å². The highest BCUT2D eigenvalue weighted by Gasteiger charge is 2.32. The van der Waals surface area contributed by atoms with E-state index < -0.39 is 11.6 Å². The lowest BCUT2D eigenvalue weighted by atomic mass is 9.93. The highest BCUT2D eigenvalue weighted by Crippen LogP contribution is 2.36. The zero-order chi connectivity index (χ0) is 14.9. The molecule has 1 saturated carbocycles. The molecule has 2 rings (SSSR count). The molecule has 3 unspecified atom stereocenters. The van der Waals surface area contributed by atoms with Gasteiger partial charge in [-0.1, -0.05) is 32.5 Å². The van der Waals surface area contributed by atoms with Crippen LogP contribution in [0, 0.1) is 23.5 Å². The minimum absolute atomic E-state index is 0.0473. The molecule has 0 heterocycles. The summed E-state index contributed by atoms with van der Waals surface area (Å²) in [5.74, 6) is -0.767. The lowest BCUT2D eigenvalue weighted by Crippen LogP contribution is -2.25. The van der Waals surface area contributed by atoms with Gasteiger partial charge in [0.2, 0.25) is 0 Å². The van der Waals surface area contributed by atoms with Crippen LogP contribution in [0.5, 0.6) is 0 Å². The van der Waals surface area contributed by atoms with E-state index in [4.69, 9.17) is 18.0 Å². The fourth-order valence-electron chi connectivity index (χ4n) is 3.08. The Bertz CT molecular complexity index is 519. The summed E-state index contributed by atoms with van der Waals surface area (Å²) in [5, 5.41) is 3.13. The van der Waals surface area contributed by atoms with Crippen LogP contribution in [0.3, 0.4) is 0 Å². The van der Waals surface area contributed by atoms with Crippen molar-refractivity contribution in [3.63, 3.8) is 0 Å². The smallest absolute Gasteiger partial charge is 0.182 e. The lowest BCUT2D eigenvalue weighted by Gasteiger charge is -2.22. The Morgan fingerprint density at radius 3 is 2.60 bits per heavy atom. The van der Waals surface area contributed by atoms with E-state index in [0.29, 0.717) is 11.8 Å². The Balaban J connectivity index is 2.19. The van der Waals surface area contributed by atoms with E-state index in [1.165, 1.54) is 12.1 Å². The monoisotopic (exact) mass is 298 g/mol. The fourth-order valence-corrected chi connectivity index (χ4v) is 3.24. The molecule has 0 aromatic heterocycles. The summed E-state index contributed by atoms with van der Waals surface area (Å²) in [4.78, 5) is -0.131. The van der Waals surface area contributed by atoms with Crippen molar-refractivity contribution in [2.24, 2.45) is 17.6 Å². The molecule has 0 radical (unpaired) electrons. The maximum Gasteiger partial charge on any atom is 0.182 e.